The van der Waals surface area contributed by atoms with Crippen LogP contribution in [-0.4, -0.2) is 40.1 Å². The normalized spacial score (nSPS) is 28.5. The van der Waals surface area contributed by atoms with E-state index < -0.39 is 0 Å². The molecule has 0 aliphatic carbocycles. The minimum atomic E-state index is 0.607. The molecule has 0 spiro atoms. The van der Waals surface area contributed by atoms with Crippen molar-refractivity contribution in [1.82, 2.24) is 14.5 Å². The number of aromatic nitrogens is 2. The molecule has 2 aromatic rings. The number of rotatable bonds is 3. The summed E-state index contributed by atoms with van der Waals surface area (Å²) < 4.78 is 2.04. The number of anilines is 1. The third-order valence-electron chi connectivity index (χ3n) is 4.66. The molecular formula is C16H20N4. The number of benzene rings is 1. The first-order valence-electron chi connectivity index (χ1n) is 7.46. The monoisotopic (exact) mass is 268 g/mol. The SMILES string of the molecule is c1cc(NC2CN3CCC2CC3)cc(-n2ccnc2)c1. The highest BCUT2D eigenvalue weighted by Crippen LogP contribution is 2.30. The van der Waals surface area contributed by atoms with Crippen molar-refractivity contribution in [3.8, 4) is 5.69 Å². The van der Waals surface area contributed by atoms with Gasteiger partial charge in [-0.3, -0.25) is 0 Å². The molecule has 1 aromatic heterocycles. The van der Waals surface area contributed by atoms with Crippen molar-refractivity contribution in [3.63, 3.8) is 0 Å². The number of nitrogens with one attached hydrogen (secondary N) is 1. The van der Waals surface area contributed by atoms with Crippen LogP contribution in [0.2, 0.25) is 0 Å². The molecule has 0 radical (unpaired) electrons. The van der Waals surface area contributed by atoms with Crippen LogP contribution in [0.4, 0.5) is 5.69 Å². The van der Waals surface area contributed by atoms with Gasteiger partial charge in [-0.1, -0.05) is 6.07 Å². The predicted octanol–water partition coefficient (Wildman–Crippen LogP) is 2.38. The summed E-state index contributed by atoms with van der Waals surface area (Å²) in [6.45, 7) is 3.77. The minimum absolute atomic E-state index is 0.607. The first-order valence-corrected chi connectivity index (χ1v) is 7.46. The molecule has 4 heteroatoms. The standard InChI is InChI=1S/C16H20N4/c1-2-14(10-15(3-1)20-9-6-17-12-20)18-16-11-19-7-4-13(16)5-8-19/h1-3,6,9-10,12-13,16,18H,4-5,7-8,11H2. The van der Waals surface area contributed by atoms with E-state index in [4.69, 9.17) is 0 Å². The van der Waals surface area contributed by atoms with E-state index in [1.165, 1.54) is 38.2 Å². The number of nitrogens with zero attached hydrogens (tertiary/aromatic N) is 3. The Balaban J connectivity index is 1.53. The van der Waals surface area contributed by atoms with Crippen molar-refractivity contribution >= 4 is 5.69 Å². The molecule has 3 aliphatic heterocycles. The number of imidazole rings is 1. The number of fused-ring (bicyclic) bond motifs is 3. The zero-order valence-electron chi connectivity index (χ0n) is 11.6. The Morgan fingerprint density at radius 1 is 1.20 bits per heavy atom. The van der Waals surface area contributed by atoms with Gasteiger partial charge in [0.2, 0.25) is 0 Å². The Kier molecular flexibility index (Phi) is 2.96. The van der Waals surface area contributed by atoms with E-state index in [0.717, 1.165) is 11.6 Å². The van der Waals surface area contributed by atoms with E-state index in [-0.39, 0.29) is 0 Å². The molecule has 0 amide bonds. The summed E-state index contributed by atoms with van der Waals surface area (Å²) in [5.41, 5.74) is 2.38. The van der Waals surface area contributed by atoms with E-state index in [0.29, 0.717) is 6.04 Å². The minimum Gasteiger partial charge on any atom is -0.381 e. The lowest BCUT2D eigenvalue weighted by Gasteiger charge is -2.45. The Hall–Kier alpha value is -1.81. The quantitative estimate of drug-likeness (QED) is 0.928. The molecule has 1 N–H and O–H groups in total. The molecule has 3 aliphatic rings. The van der Waals surface area contributed by atoms with Gasteiger partial charge >= 0.3 is 0 Å². The second-order valence-corrected chi connectivity index (χ2v) is 5.91. The third kappa shape index (κ3) is 2.20. The highest BCUT2D eigenvalue weighted by atomic mass is 15.2. The second kappa shape index (κ2) is 4.94. The number of hydrogen-bond donors (Lipinski definition) is 1. The van der Waals surface area contributed by atoms with E-state index in [9.17, 15) is 0 Å². The van der Waals surface area contributed by atoms with Crippen molar-refractivity contribution in [1.29, 1.82) is 0 Å². The fourth-order valence-electron chi connectivity index (χ4n) is 3.51. The van der Waals surface area contributed by atoms with Gasteiger partial charge in [-0.05, 0) is 50.0 Å². The van der Waals surface area contributed by atoms with Crippen LogP contribution < -0.4 is 5.32 Å². The molecule has 20 heavy (non-hydrogen) atoms. The molecule has 1 aromatic carbocycles. The first kappa shape index (κ1) is 12.0. The van der Waals surface area contributed by atoms with Crippen molar-refractivity contribution in [3.05, 3.63) is 43.0 Å². The maximum absolute atomic E-state index is 4.11. The van der Waals surface area contributed by atoms with Gasteiger partial charge in [0.15, 0.2) is 0 Å². The lowest BCUT2D eigenvalue weighted by atomic mass is 9.84. The van der Waals surface area contributed by atoms with Crippen molar-refractivity contribution in [2.45, 2.75) is 18.9 Å². The fourth-order valence-corrected chi connectivity index (χ4v) is 3.51. The molecule has 104 valence electrons. The lowest BCUT2D eigenvalue weighted by Crippen LogP contribution is -2.53. The van der Waals surface area contributed by atoms with Gasteiger partial charge < -0.3 is 14.8 Å². The van der Waals surface area contributed by atoms with Crippen molar-refractivity contribution in [2.75, 3.05) is 25.0 Å². The van der Waals surface area contributed by atoms with Crippen LogP contribution in [0.1, 0.15) is 12.8 Å². The average molecular weight is 268 g/mol. The Morgan fingerprint density at radius 2 is 2.10 bits per heavy atom. The largest absolute Gasteiger partial charge is 0.381 e. The predicted molar refractivity (Wildman–Crippen MR) is 80.1 cm³/mol. The molecule has 2 bridgehead atoms. The Morgan fingerprint density at radius 3 is 2.80 bits per heavy atom. The van der Waals surface area contributed by atoms with Gasteiger partial charge in [-0.15, -0.1) is 0 Å². The maximum Gasteiger partial charge on any atom is 0.0991 e. The van der Waals surface area contributed by atoms with Crippen molar-refractivity contribution < 1.29 is 0 Å². The summed E-state index contributed by atoms with van der Waals surface area (Å²) in [6.07, 6.45) is 8.33. The van der Waals surface area contributed by atoms with Gasteiger partial charge in [0.05, 0.1) is 6.33 Å². The molecule has 1 atom stereocenters. The second-order valence-electron chi connectivity index (χ2n) is 5.91. The van der Waals surface area contributed by atoms with E-state index in [1.807, 2.05) is 23.3 Å². The van der Waals surface area contributed by atoms with Gasteiger partial charge in [0.25, 0.3) is 0 Å². The van der Waals surface area contributed by atoms with E-state index >= 15 is 0 Å². The Bertz CT molecular complexity index is 570. The summed E-state index contributed by atoms with van der Waals surface area (Å²) in [5, 5.41) is 3.74. The van der Waals surface area contributed by atoms with E-state index in [1.54, 1.807) is 0 Å². The van der Waals surface area contributed by atoms with Crippen LogP contribution in [0.25, 0.3) is 5.69 Å². The first-order chi connectivity index (χ1) is 9.88. The molecule has 0 saturated carbocycles. The van der Waals surface area contributed by atoms with Crippen LogP contribution in [0.15, 0.2) is 43.0 Å². The van der Waals surface area contributed by atoms with Crippen LogP contribution in [-0.2, 0) is 0 Å². The molecule has 3 fully saturated rings. The van der Waals surface area contributed by atoms with Gasteiger partial charge in [0, 0.05) is 36.4 Å². The summed E-state index contributed by atoms with van der Waals surface area (Å²) in [4.78, 5) is 6.69. The Labute approximate surface area is 119 Å². The third-order valence-corrected chi connectivity index (χ3v) is 4.66. The molecule has 5 rings (SSSR count). The van der Waals surface area contributed by atoms with Crippen LogP contribution in [0, 0.1) is 5.92 Å². The molecule has 1 unspecified atom stereocenters. The van der Waals surface area contributed by atoms with Gasteiger partial charge in [-0.2, -0.15) is 0 Å². The summed E-state index contributed by atoms with van der Waals surface area (Å²) in [7, 11) is 0. The summed E-state index contributed by atoms with van der Waals surface area (Å²) in [6, 6.07) is 9.20. The topological polar surface area (TPSA) is 33.1 Å². The van der Waals surface area contributed by atoms with E-state index in [2.05, 4.69) is 39.5 Å². The number of hydrogen-bond acceptors (Lipinski definition) is 3. The summed E-state index contributed by atoms with van der Waals surface area (Å²) >= 11 is 0. The molecule has 3 saturated heterocycles. The van der Waals surface area contributed by atoms with Crippen LogP contribution >= 0.6 is 0 Å². The smallest absolute Gasteiger partial charge is 0.0991 e. The maximum atomic E-state index is 4.11. The fraction of sp³-hybridized carbons (Fsp3) is 0.438. The number of piperidine rings is 3. The summed E-state index contributed by atoms with van der Waals surface area (Å²) in [5.74, 6) is 0.844. The average Bonchev–Trinajstić information content (AvgIpc) is 3.03. The molecular weight excluding hydrogens is 248 g/mol. The van der Waals surface area contributed by atoms with Crippen LogP contribution in [0.3, 0.4) is 0 Å². The van der Waals surface area contributed by atoms with Crippen molar-refractivity contribution in [2.24, 2.45) is 5.92 Å². The zero-order valence-corrected chi connectivity index (χ0v) is 11.6. The molecule has 4 nitrogen and oxygen atoms in total. The zero-order chi connectivity index (χ0) is 13.4. The van der Waals surface area contributed by atoms with Gasteiger partial charge in [0.1, 0.15) is 0 Å². The molecule has 4 heterocycles. The van der Waals surface area contributed by atoms with Crippen LogP contribution in [0.5, 0.6) is 0 Å². The highest BCUT2D eigenvalue weighted by molar-refractivity contribution is 5.52. The van der Waals surface area contributed by atoms with Gasteiger partial charge in [-0.25, -0.2) is 4.98 Å². The highest BCUT2D eigenvalue weighted by Gasteiger charge is 2.33. The lowest BCUT2D eigenvalue weighted by molar-refractivity contribution is 0.0975.